The molecule has 1 aliphatic rings. The second-order valence-corrected chi connectivity index (χ2v) is 7.32. The van der Waals surface area contributed by atoms with Crippen LogP contribution in [0.5, 0.6) is 0 Å². The van der Waals surface area contributed by atoms with E-state index in [2.05, 4.69) is 45.1 Å². The fourth-order valence-corrected chi connectivity index (χ4v) is 2.75. The van der Waals surface area contributed by atoms with Gasteiger partial charge in [0, 0.05) is 17.6 Å². The maximum atomic E-state index is 6.25. The number of rotatable bonds is 5. The standard InChI is InChI=1S/C17H26ClN/c1-12(2)17(3,4)11-19-14-9-13(10-14)15-7-5-6-8-16(15)18/h5-8,12-14,19H,9-11H2,1-4H3. The molecule has 0 saturated heterocycles. The molecule has 2 heteroatoms. The maximum absolute atomic E-state index is 6.25. The summed E-state index contributed by atoms with van der Waals surface area (Å²) in [5.74, 6) is 1.35. The number of nitrogens with one attached hydrogen (secondary N) is 1. The van der Waals surface area contributed by atoms with Crippen LogP contribution < -0.4 is 5.32 Å². The van der Waals surface area contributed by atoms with Gasteiger partial charge in [-0.05, 0) is 41.7 Å². The summed E-state index contributed by atoms with van der Waals surface area (Å²) >= 11 is 6.25. The molecule has 0 aliphatic heterocycles. The van der Waals surface area contributed by atoms with Gasteiger partial charge in [-0.3, -0.25) is 0 Å². The van der Waals surface area contributed by atoms with E-state index in [1.54, 1.807) is 0 Å². The molecule has 1 nitrogen and oxygen atoms in total. The predicted octanol–water partition coefficient (Wildman–Crippen LogP) is 4.86. The minimum atomic E-state index is 0.371. The van der Waals surface area contributed by atoms with Crippen molar-refractivity contribution in [1.29, 1.82) is 0 Å². The number of hydrogen-bond acceptors (Lipinski definition) is 1. The van der Waals surface area contributed by atoms with Crippen LogP contribution in [0.2, 0.25) is 5.02 Å². The van der Waals surface area contributed by atoms with Crippen molar-refractivity contribution in [1.82, 2.24) is 5.32 Å². The molecule has 0 spiro atoms. The van der Waals surface area contributed by atoms with Gasteiger partial charge < -0.3 is 5.32 Å². The molecular weight excluding hydrogens is 254 g/mol. The molecule has 0 bridgehead atoms. The Kier molecular flexibility index (Phi) is 4.58. The zero-order chi connectivity index (χ0) is 14.0. The van der Waals surface area contributed by atoms with Crippen LogP contribution in [0.25, 0.3) is 0 Å². The van der Waals surface area contributed by atoms with Crippen molar-refractivity contribution < 1.29 is 0 Å². The fraction of sp³-hybridized carbons (Fsp3) is 0.647. The van der Waals surface area contributed by atoms with E-state index in [0.717, 1.165) is 11.6 Å². The van der Waals surface area contributed by atoms with Gasteiger partial charge in [0.1, 0.15) is 0 Å². The Morgan fingerprint density at radius 3 is 2.47 bits per heavy atom. The van der Waals surface area contributed by atoms with Gasteiger partial charge in [0.2, 0.25) is 0 Å². The number of halogens is 1. The first-order valence-corrected chi connectivity index (χ1v) is 7.76. The maximum Gasteiger partial charge on any atom is 0.0440 e. The lowest BCUT2D eigenvalue weighted by molar-refractivity contribution is 0.197. The lowest BCUT2D eigenvalue weighted by atomic mass is 9.74. The third kappa shape index (κ3) is 3.52. The van der Waals surface area contributed by atoms with Crippen LogP contribution >= 0.6 is 11.6 Å². The van der Waals surface area contributed by atoms with Crippen LogP contribution in [0.4, 0.5) is 0 Å². The molecule has 2 rings (SSSR count). The number of benzene rings is 1. The van der Waals surface area contributed by atoms with Gasteiger partial charge in [-0.2, -0.15) is 0 Å². The van der Waals surface area contributed by atoms with Crippen LogP contribution in [0.15, 0.2) is 24.3 Å². The van der Waals surface area contributed by atoms with Crippen LogP contribution in [0.1, 0.15) is 52.0 Å². The highest BCUT2D eigenvalue weighted by atomic mass is 35.5. The summed E-state index contributed by atoms with van der Waals surface area (Å²) in [5.41, 5.74) is 1.69. The molecule has 0 amide bonds. The molecule has 1 N–H and O–H groups in total. The van der Waals surface area contributed by atoms with Crippen LogP contribution in [-0.2, 0) is 0 Å². The Morgan fingerprint density at radius 1 is 1.26 bits per heavy atom. The molecule has 0 radical (unpaired) electrons. The fourth-order valence-electron chi connectivity index (χ4n) is 2.46. The van der Waals surface area contributed by atoms with Gasteiger partial charge >= 0.3 is 0 Å². The Morgan fingerprint density at radius 2 is 1.89 bits per heavy atom. The van der Waals surface area contributed by atoms with E-state index >= 15 is 0 Å². The Balaban J connectivity index is 1.80. The molecular formula is C17H26ClN. The molecule has 1 aromatic carbocycles. The number of hydrogen-bond donors (Lipinski definition) is 1. The Bertz CT molecular complexity index is 419. The van der Waals surface area contributed by atoms with Gasteiger partial charge in [0.15, 0.2) is 0 Å². The molecule has 19 heavy (non-hydrogen) atoms. The van der Waals surface area contributed by atoms with Gasteiger partial charge in [-0.25, -0.2) is 0 Å². The van der Waals surface area contributed by atoms with E-state index in [-0.39, 0.29) is 0 Å². The summed E-state index contributed by atoms with van der Waals surface area (Å²) in [7, 11) is 0. The Hall–Kier alpha value is -0.530. The quantitative estimate of drug-likeness (QED) is 0.812. The van der Waals surface area contributed by atoms with Crippen molar-refractivity contribution in [3.63, 3.8) is 0 Å². The second-order valence-electron chi connectivity index (χ2n) is 6.91. The van der Waals surface area contributed by atoms with Crippen LogP contribution in [-0.4, -0.2) is 12.6 Å². The lowest BCUT2D eigenvalue weighted by Crippen LogP contribution is -2.45. The van der Waals surface area contributed by atoms with Gasteiger partial charge in [0.05, 0.1) is 0 Å². The monoisotopic (exact) mass is 279 g/mol. The first-order chi connectivity index (χ1) is 8.90. The lowest BCUT2D eigenvalue weighted by Gasteiger charge is -2.40. The van der Waals surface area contributed by atoms with Gasteiger partial charge in [-0.1, -0.05) is 57.5 Å². The SMILES string of the molecule is CC(C)C(C)(C)CNC1CC(c2ccccc2Cl)C1. The zero-order valence-corrected chi connectivity index (χ0v) is 13.3. The highest BCUT2D eigenvalue weighted by molar-refractivity contribution is 6.31. The zero-order valence-electron chi connectivity index (χ0n) is 12.5. The van der Waals surface area contributed by atoms with Crippen molar-refractivity contribution >= 4 is 11.6 Å². The van der Waals surface area contributed by atoms with E-state index in [1.165, 1.54) is 18.4 Å². The smallest absolute Gasteiger partial charge is 0.0440 e. The van der Waals surface area contributed by atoms with Crippen LogP contribution in [0, 0.1) is 11.3 Å². The minimum absolute atomic E-state index is 0.371. The van der Waals surface area contributed by atoms with Crippen molar-refractivity contribution in [2.24, 2.45) is 11.3 Å². The summed E-state index contributed by atoms with van der Waals surface area (Å²) in [5, 5.41) is 4.64. The van der Waals surface area contributed by atoms with E-state index < -0.39 is 0 Å². The third-order valence-electron chi connectivity index (χ3n) is 4.89. The summed E-state index contributed by atoms with van der Waals surface area (Å²) in [6.07, 6.45) is 2.44. The van der Waals surface area contributed by atoms with Crippen molar-refractivity contribution in [2.75, 3.05) is 6.54 Å². The van der Waals surface area contributed by atoms with Crippen molar-refractivity contribution in [3.05, 3.63) is 34.9 Å². The largest absolute Gasteiger partial charge is 0.313 e. The Labute approximate surface area is 122 Å². The molecule has 0 heterocycles. The highest BCUT2D eigenvalue weighted by Crippen LogP contribution is 2.40. The summed E-state index contributed by atoms with van der Waals surface area (Å²) in [4.78, 5) is 0. The van der Waals surface area contributed by atoms with E-state index in [9.17, 15) is 0 Å². The molecule has 106 valence electrons. The van der Waals surface area contributed by atoms with E-state index in [0.29, 0.717) is 23.3 Å². The van der Waals surface area contributed by atoms with Crippen LogP contribution in [0.3, 0.4) is 0 Å². The molecule has 1 fully saturated rings. The molecule has 0 atom stereocenters. The normalized spacial score (nSPS) is 23.5. The summed E-state index contributed by atoms with van der Waals surface area (Å²) in [6, 6.07) is 8.93. The predicted molar refractivity (Wildman–Crippen MR) is 83.8 cm³/mol. The first kappa shape index (κ1) is 14.9. The average Bonchev–Trinajstić information content (AvgIpc) is 2.29. The molecule has 1 saturated carbocycles. The van der Waals surface area contributed by atoms with Gasteiger partial charge in [-0.15, -0.1) is 0 Å². The highest BCUT2D eigenvalue weighted by Gasteiger charge is 2.32. The molecule has 0 aromatic heterocycles. The van der Waals surface area contributed by atoms with Crippen molar-refractivity contribution in [3.8, 4) is 0 Å². The van der Waals surface area contributed by atoms with Crippen molar-refractivity contribution in [2.45, 2.75) is 52.5 Å². The molecule has 0 unspecified atom stereocenters. The third-order valence-corrected chi connectivity index (χ3v) is 5.24. The molecule has 1 aromatic rings. The summed E-state index contributed by atoms with van der Waals surface area (Å²) < 4.78 is 0. The average molecular weight is 280 g/mol. The molecule has 1 aliphatic carbocycles. The van der Waals surface area contributed by atoms with E-state index in [4.69, 9.17) is 11.6 Å². The van der Waals surface area contributed by atoms with Gasteiger partial charge in [0.25, 0.3) is 0 Å². The first-order valence-electron chi connectivity index (χ1n) is 7.38. The van der Waals surface area contributed by atoms with E-state index in [1.807, 2.05) is 12.1 Å². The topological polar surface area (TPSA) is 12.0 Å². The summed E-state index contributed by atoms with van der Waals surface area (Å²) in [6.45, 7) is 10.4. The second kappa shape index (κ2) is 5.85. The minimum Gasteiger partial charge on any atom is -0.313 e.